The van der Waals surface area contributed by atoms with E-state index in [9.17, 15) is 0 Å². The van der Waals surface area contributed by atoms with Gasteiger partial charge in [-0.25, -0.2) is 0 Å². The topological polar surface area (TPSA) is 4.93 Å². The molecule has 0 amide bonds. The van der Waals surface area contributed by atoms with Crippen LogP contribution in [0, 0.1) is 0 Å². The van der Waals surface area contributed by atoms with Gasteiger partial charge in [-0.3, -0.25) is 0 Å². The summed E-state index contributed by atoms with van der Waals surface area (Å²) in [5, 5.41) is 12.9. The van der Waals surface area contributed by atoms with Crippen LogP contribution in [-0.4, -0.2) is 4.57 Å². The maximum Gasteiger partial charge on any atom is 0.0626 e. The van der Waals surface area contributed by atoms with Crippen molar-refractivity contribution in [2.24, 2.45) is 0 Å². The van der Waals surface area contributed by atoms with Crippen molar-refractivity contribution >= 4 is 64.9 Å². The highest BCUT2D eigenvalue weighted by atomic mass is 15.0. The van der Waals surface area contributed by atoms with Crippen molar-refractivity contribution in [1.29, 1.82) is 0 Å². The molecule has 1 heterocycles. The minimum atomic E-state index is 1.17. The molecule has 0 aliphatic heterocycles. The van der Waals surface area contributed by atoms with Gasteiger partial charge >= 0.3 is 0 Å². The normalized spacial score (nSPS) is 11.9. The summed E-state index contributed by atoms with van der Waals surface area (Å²) in [4.78, 5) is 0. The molecule has 0 radical (unpaired) electrons. The Balaban J connectivity index is 1.39. The number of benzene rings is 8. The fourth-order valence-electron chi connectivity index (χ4n) is 6.88. The zero-order valence-electron chi connectivity index (χ0n) is 22.4. The predicted octanol–water partition coefficient (Wildman–Crippen LogP) is 11.1. The molecule has 41 heavy (non-hydrogen) atoms. The minimum absolute atomic E-state index is 1.17. The monoisotopic (exact) mass is 519 g/mol. The summed E-state index contributed by atoms with van der Waals surface area (Å²) in [5.41, 5.74) is 6.13. The molecule has 0 saturated carbocycles. The molecule has 1 nitrogen and oxygen atoms in total. The van der Waals surface area contributed by atoms with Gasteiger partial charge in [0.15, 0.2) is 0 Å². The van der Waals surface area contributed by atoms with E-state index < -0.39 is 0 Å². The Morgan fingerprint density at radius 3 is 1.68 bits per heavy atom. The first kappa shape index (κ1) is 22.4. The van der Waals surface area contributed by atoms with Crippen molar-refractivity contribution in [1.82, 2.24) is 4.57 Å². The summed E-state index contributed by atoms with van der Waals surface area (Å²) < 4.78 is 2.48. The van der Waals surface area contributed by atoms with Crippen molar-refractivity contribution in [3.05, 3.63) is 152 Å². The lowest BCUT2D eigenvalue weighted by Crippen LogP contribution is -1.95. The summed E-state index contributed by atoms with van der Waals surface area (Å²) >= 11 is 0. The van der Waals surface area contributed by atoms with E-state index in [-0.39, 0.29) is 0 Å². The van der Waals surface area contributed by atoms with Gasteiger partial charge in [0, 0.05) is 21.8 Å². The molecule has 0 atom stereocenters. The van der Waals surface area contributed by atoms with Gasteiger partial charge in [0.25, 0.3) is 0 Å². The van der Waals surface area contributed by atoms with Crippen LogP contribution in [0.3, 0.4) is 0 Å². The van der Waals surface area contributed by atoms with Crippen LogP contribution < -0.4 is 0 Å². The number of nitrogens with zero attached hydrogens (tertiary/aromatic N) is 1. The number of hydrogen-bond acceptors (Lipinski definition) is 0. The van der Waals surface area contributed by atoms with E-state index in [0.29, 0.717) is 0 Å². The van der Waals surface area contributed by atoms with Gasteiger partial charge in [0.1, 0.15) is 0 Å². The Labute approximate surface area is 237 Å². The highest BCUT2D eigenvalue weighted by molar-refractivity contribution is 6.35. The molecular weight excluding hydrogens is 494 g/mol. The van der Waals surface area contributed by atoms with Crippen molar-refractivity contribution in [2.45, 2.75) is 0 Å². The first-order valence-corrected chi connectivity index (χ1v) is 14.2. The summed E-state index contributed by atoms with van der Waals surface area (Å²) in [6, 6.07) is 55.5. The van der Waals surface area contributed by atoms with Gasteiger partial charge in [0.05, 0.1) is 11.0 Å². The molecule has 8 aromatic carbocycles. The third-order valence-electron chi connectivity index (χ3n) is 8.74. The molecule has 0 N–H and O–H groups in total. The van der Waals surface area contributed by atoms with E-state index in [2.05, 4.69) is 156 Å². The zero-order chi connectivity index (χ0) is 26.9. The molecular formula is C40H25N. The van der Waals surface area contributed by atoms with Crippen LogP contribution in [0.25, 0.3) is 81.7 Å². The van der Waals surface area contributed by atoms with Crippen LogP contribution in [-0.2, 0) is 0 Å². The molecule has 9 aromatic rings. The first-order chi connectivity index (χ1) is 20.3. The molecule has 0 saturated heterocycles. The molecule has 0 aliphatic rings. The molecule has 0 fully saturated rings. The van der Waals surface area contributed by atoms with E-state index in [1.807, 2.05) is 0 Å². The average Bonchev–Trinajstić information content (AvgIpc) is 3.41. The second-order valence-electron chi connectivity index (χ2n) is 10.9. The van der Waals surface area contributed by atoms with Crippen LogP contribution in [0.4, 0.5) is 0 Å². The number of hydrogen-bond donors (Lipinski definition) is 0. The average molecular weight is 520 g/mol. The second kappa shape index (κ2) is 8.55. The van der Waals surface area contributed by atoms with E-state index >= 15 is 0 Å². The van der Waals surface area contributed by atoms with Gasteiger partial charge in [-0.2, -0.15) is 0 Å². The number of fused-ring (bicyclic) bond motifs is 11. The van der Waals surface area contributed by atoms with Crippen molar-refractivity contribution in [3.8, 4) is 16.8 Å². The lowest BCUT2D eigenvalue weighted by atomic mass is 9.95. The Bertz CT molecular complexity index is 2460. The lowest BCUT2D eigenvalue weighted by molar-refractivity contribution is 1.19. The third-order valence-corrected chi connectivity index (χ3v) is 8.74. The smallest absolute Gasteiger partial charge is 0.0626 e. The Hall–Kier alpha value is -5.40. The van der Waals surface area contributed by atoms with Crippen LogP contribution in [0.15, 0.2) is 152 Å². The number of rotatable bonds is 2. The summed E-state index contributed by atoms with van der Waals surface area (Å²) in [7, 11) is 0. The zero-order valence-corrected chi connectivity index (χ0v) is 22.4. The van der Waals surface area contributed by atoms with Gasteiger partial charge < -0.3 is 4.57 Å². The van der Waals surface area contributed by atoms with Crippen LogP contribution in [0.2, 0.25) is 0 Å². The third kappa shape index (κ3) is 3.24. The maximum absolute atomic E-state index is 2.48. The van der Waals surface area contributed by atoms with Crippen LogP contribution in [0.5, 0.6) is 0 Å². The van der Waals surface area contributed by atoms with Gasteiger partial charge in [-0.05, 0) is 73.1 Å². The fourth-order valence-corrected chi connectivity index (χ4v) is 6.88. The molecule has 0 spiro atoms. The highest BCUT2D eigenvalue weighted by Gasteiger charge is 2.20. The van der Waals surface area contributed by atoms with Crippen molar-refractivity contribution in [3.63, 3.8) is 0 Å². The van der Waals surface area contributed by atoms with Crippen molar-refractivity contribution in [2.75, 3.05) is 0 Å². The summed E-state index contributed by atoms with van der Waals surface area (Å²) in [5.74, 6) is 0. The fraction of sp³-hybridized carbons (Fsp3) is 0. The minimum Gasteiger partial charge on any atom is -0.309 e. The molecule has 1 heteroatoms. The van der Waals surface area contributed by atoms with E-state index in [4.69, 9.17) is 0 Å². The Kier molecular flexibility index (Phi) is 4.67. The second-order valence-corrected chi connectivity index (χ2v) is 10.9. The Morgan fingerprint density at radius 2 is 0.902 bits per heavy atom. The standard InChI is InChI=1S/C40H25N/c1-2-11-29-25-30(18-17-26(29)9-1)27-19-22-31(23-20-27)41-37-24-21-28-10-3-4-12-32(28)38(37)39-35-15-7-5-13-33(35)34-14-6-8-16-36(34)40(39)41/h1-25H. The maximum atomic E-state index is 2.48. The first-order valence-electron chi connectivity index (χ1n) is 14.2. The summed E-state index contributed by atoms with van der Waals surface area (Å²) in [6.07, 6.45) is 0. The molecule has 0 bridgehead atoms. The quantitative estimate of drug-likeness (QED) is 0.200. The van der Waals surface area contributed by atoms with Gasteiger partial charge in [-0.15, -0.1) is 0 Å². The highest BCUT2D eigenvalue weighted by Crippen LogP contribution is 2.44. The van der Waals surface area contributed by atoms with E-state index in [0.717, 1.165) is 0 Å². The Morgan fingerprint density at radius 1 is 0.341 bits per heavy atom. The number of aromatic nitrogens is 1. The van der Waals surface area contributed by atoms with Gasteiger partial charge in [0.2, 0.25) is 0 Å². The van der Waals surface area contributed by atoms with E-state index in [1.54, 1.807) is 0 Å². The van der Waals surface area contributed by atoms with Gasteiger partial charge in [-0.1, -0.05) is 127 Å². The van der Waals surface area contributed by atoms with Crippen LogP contribution in [0.1, 0.15) is 0 Å². The molecule has 9 rings (SSSR count). The van der Waals surface area contributed by atoms with Crippen LogP contribution >= 0.6 is 0 Å². The molecule has 190 valence electrons. The molecule has 0 aliphatic carbocycles. The molecule has 1 aromatic heterocycles. The largest absolute Gasteiger partial charge is 0.309 e. The van der Waals surface area contributed by atoms with Crippen molar-refractivity contribution < 1.29 is 0 Å². The summed E-state index contributed by atoms with van der Waals surface area (Å²) in [6.45, 7) is 0. The lowest BCUT2D eigenvalue weighted by Gasteiger charge is -2.13. The van der Waals surface area contributed by atoms with E-state index in [1.165, 1.54) is 81.7 Å². The predicted molar refractivity (Wildman–Crippen MR) is 176 cm³/mol. The molecule has 0 unspecified atom stereocenters. The SMILES string of the molecule is c1ccc2cc(-c3ccc(-n4c5ccc6ccccc6c5c5c6ccccc6c6ccccc6c54)cc3)ccc2c1.